The number of hydrogen-bond acceptors (Lipinski definition) is 2. The van der Waals surface area contributed by atoms with Gasteiger partial charge in [0.1, 0.15) is 0 Å². The fraction of sp³-hybridized carbons (Fsp3) is 0.800. The molecule has 70 valence electrons. The van der Waals surface area contributed by atoms with Gasteiger partial charge in [-0.3, -0.25) is 0 Å². The molecule has 0 heterocycles. The first kappa shape index (κ1) is 9.75. The van der Waals surface area contributed by atoms with Crippen LogP contribution in [-0.4, -0.2) is 21.9 Å². The van der Waals surface area contributed by atoms with Crippen molar-refractivity contribution in [1.29, 1.82) is 0 Å². The Morgan fingerprint density at radius 3 is 2.92 bits per heavy atom. The third kappa shape index (κ3) is 1.54. The number of aliphatic hydroxyl groups excluding tert-OH is 1. The molecule has 3 atom stereocenters. The number of aliphatic hydroxyl groups is 2. The Morgan fingerprint density at radius 1 is 1.75 bits per heavy atom. The predicted octanol–water partition coefficient (Wildman–Crippen LogP) is 1.47. The molecule has 0 spiro atoms. The summed E-state index contributed by atoms with van der Waals surface area (Å²) in [5, 5.41) is 19.6. The first-order valence-corrected chi connectivity index (χ1v) is 4.68. The minimum atomic E-state index is -0.810. The Labute approximate surface area is 73.9 Å². The van der Waals surface area contributed by atoms with Gasteiger partial charge in [0.25, 0.3) is 0 Å². The lowest BCUT2D eigenvalue weighted by molar-refractivity contribution is -0.0188. The molecule has 2 heteroatoms. The van der Waals surface area contributed by atoms with Crippen molar-refractivity contribution in [2.45, 2.75) is 44.3 Å². The highest BCUT2D eigenvalue weighted by Gasteiger charge is 2.41. The summed E-state index contributed by atoms with van der Waals surface area (Å²) in [5.41, 5.74) is -0.810. The molecule has 2 nitrogen and oxygen atoms in total. The molecular formula is C10H18O2. The Bertz CT molecular complexity index is 167. The second-order valence-electron chi connectivity index (χ2n) is 3.67. The van der Waals surface area contributed by atoms with Crippen molar-refractivity contribution in [2.24, 2.45) is 5.92 Å². The van der Waals surface area contributed by atoms with Crippen molar-refractivity contribution < 1.29 is 10.2 Å². The maximum atomic E-state index is 9.98. The Hall–Kier alpha value is -0.340. The minimum Gasteiger partial charge on any atom is -0.393 e. The molecule has 1 rings (SSSR count). The van der Waals surface area contributed by atoms with Crippen LogP contribution in [0.2, 0.25) is 0 Å². The topological polar surface area (TPSA) is 40.5 Å². The second kappa shape index (κ2) is 3.58. The van der Waals surface area contributed by atoms with Crippen LogP contribution in [0.15, 0.2) is 12.7 Å². The van der Waals surface area contributed by atoms with Crippen molar-refractivity contribution in [2.75, 3.05) is 0 Å². The van der Waals surface area contributed by atoms with Crippen LogP contribution in [-0.2, 0) is 0 Å². The van der Waals surface area contributed by atoms with E-state index in [0.29, 0.717) is 6.42 Å². The van der Waals surface area contributed by atoms with E-state index in [9.17, 15) is 10.2 Å². The van der Waals surface area contributed by atoms with E-state index >= 15 is 0 Å². The molecule has 1 aliphatic rings. The van der Waals surface area contributed by atoms with Gasteiger partial charge in [-0.15, -0.1) is 6.58 Å². The summed E-state index contributed by atoms with van der Waals surface area (Å²) >= 11 is 0. The standard InChI is InChI=1S/C10H18O2/c1-3-9(11)8-6-5-7-10(8,12)4-2/h4,8-9,11-12H,2-3,5-7H2,1H3/t8-,9+,10+/m1/s1. The van der Waals surface area contributed by atoms with E-state index in [1.807, 2.05) is 6.92 Å². The van der Waals surface area contributed by atoms with Gasteiger partial charge < -0.3 is 10.2 Å². The molecule has 0 radical (unpaired) electrons. The van der Waals surface area contributed by atoms with Crippen LogP contribution in [0.4, 0.5) is 0 Å². The Kier molecular flexibility index (Phi) is 2.91. The van der Waals surface area contributed by atoms with Gasteiger partial charge >= 0.3 is 0 Å². The van der Waals surface area contributed by atoms with Gasteiger partial charge in [0.2, 0.25) is 0 Å². The van der Waals surface area contributed by atoms with E-state index in [4.69, 9.17) is 0 Å². The fourth-order valence-electron chi connectivity index (χ4n) is 2.10. The van der Waals surface area contributed by atoms with Crippen LogP contribution < -0.4 is 0 Å². The molecule has 2 N–H and O–H groups in total. The quantitative estimate of drug-likeness (QED) is 0.630. The molecule has 0 aliphatic heterocycles. The lowest BCUT2D eigenvalue weighted by Gasteiger charge is -2.29. The molecule has 0 saturated heterocycles. The van der Waals surface area contributed by atoms with Crippen molar-refractivity contribution >= 4 is 0 Å². The molecule has 0 bridgehead atoms. The van der Waals surface area contributed by atoms with Crippen molar-refractivity contribution in [3.8, 4) is 0 Å². The van der Waals surface area contributed by atoms with Crippen LogP contribution in [0, 0.1) is 5.92 Å². The molecule has 12 heavy (non-hydrogen) atoms. The zero-order valence-corrected chi connectivity index (χ0v) is 7.66. The molecule has 0 aromatic carbocycles. The highest BCUT2D eigenvalue weighted by molar-refractivity contribution is 5.06. The SMILES string of the molecule is C=C[C@]1(O)CCC[C@@H]1[C@@H](O)CC. The number of rotatable bonds is 3. The first-order chi connectivity index (χ1) is 5.64. The van der Waals surface area contributed by atoms with Crippen molar-refractivity contribution in [3.05, 3.63) is 12.7 Å². The summed E-state index contributed by atoms with van der Waals surface area (Å²) in [6, 6.07) is 0. The zero-order chi connectivity index (χ0) is 9.19. The molecule has 1 fully saturated rings. The van der Waals surface area contributed by atoms with Gasteiger partial charge in [0.15, 0.2) is 0 Å². The molecule has 1 aliphatic carbocycles. The maximum absolute atomic E-state index is 9.98. The predicted molar refractivity (Wildman–Crippen MR) is 48.8 cm³/mol. The first-order valence-electron chi connectivity index (χ1n) is 4.68. The highest BCUT2D eigenvalue weighted by Crippen LogP contribution is 2.39. The highest BCUT2D eigenvalue weighted by atomic mass is 16.3. The minimum absolute atomic E-state index is 0.000000000000000444. The lowest BCUT2D eigenvalue weighted by atomic mass is 9.85. The smallest absolute Gasteiger partial charge is 0.0877 e. The van der Waals surface area contributed by atoms with E-state index in [1.54, 1.807) is 6.08 Å². The van der Waals surface area contributed by atoms with Crippen LogP contribution in [0.5, 0.6) is 0 Å². The van der Waals surface area contributed by atoms with Gasteiger partial charge in [-0.1, -0.05) is 13.0 Å². The average Bonchev–Trinajstić information content (AvgIpc) is 2.47. The molecule has 0 amide bonds. The van der Waals surface area contributed by atoms with Gasteiger partial charge in [-0.2, -0.15) is 0 Å². The molecule has 0 unspecified atom stereocenters. The summed E-state index contributed by atoms with van der Waals surface area (Å²) in [6.45, 7) is 5.56. The summed E-state index contributed by atoms with van der Waals surface area (Å²) in [4.78, 5) is 0. The number of hydrogen-bond donors (Lipinski definition) is 2. The van der Waals surface area contributed by atoms with Crippen LogP contribution in [0.25, 0.3) is 0 Å². The van der Waals surface area contributed by atoms with E-state index < -0.39 is 5.60 Å². The summed E-state index contributed by atoms with van der Waals surface area (Å²) in [7, 11) is 0. The molecule has 1 saturated carbocycles. The third-order valence-electron chi connectivity index (χ3n) is 2.97. The largest absolute Gasteiger partial charge is 0.393 e. The van der Waals surface area contributed by atoms with Crippen molar-refractivity contribution in [3.63, 3.8) is 0 Å². The summed E-state index contributed by atoms with van der Waals surface area (Å²) < 4.78 is 0. The second-order valence-corrected chi connectivity index (χ2v) is 3.67. The summed E-state index contributed by atoms with van der Waals surface area (Å²) in [6.07, 6.45) is 4.57. The Morgan fingerprint density at radius 2 is 2.42 bits per heavy atom. The summed E-state index contributed by atoms with van der Waals surface area (Å²) in [5.74, 6) is -0.000000000000000444. The van der Waals surface area contributed by atoms with E-state index in [2.05, 4.69) is 6.58 Å². The third-order valence-corrected chi connectivity index (χ3v) is 2.97. The van der Waals surface area contributed by atoms with Gasteiger partial charge in [-0.05, 0) is 25.7 Å². The van der Waals surface area contributed by atoms with Crippen molar-refractivity contribution in [1.82, 2.24) is 0 Å². The van der Waals surface area contributed by atoms with E-state index in [1.165, 1.54) is 0 Å². The van der Waals surface area contributed by atoms with Crippen LogP contribution >= 0.6 is 0 Å². The molecule has 0 aromatic heterocycles. The fourth-order valence-corrected chi connectivity index (χ4v) is 2.10. The van der Waals surface area contributed by atoms with Gasteiger partial charge in [0.05, 0.1) is 11.7 Å². The van der Waals surface area contributed by atoms with Gasteiger partial charge in [-0.25, -0.2) is 0 Å². The molecule has 0 aromatic rings. The van der Waals surface area contributed by atoms with Gasteiger partial charge in [0, 0.05) is 5.92 Å². The zero-order valence-electron chi connectivity index (χ0n) is 7.66. The van der Waals surface area contributed by atoms with E-state index in [0.717, 1.165) is 19.3 Å². The Balaban J connectivity index is 2.69. The van der Waals surface area contributed by atoms with Crippen LogP contribution in [0.1, 0.15) is 32.6 Å². The van der Waals surface area contributed by atoms with E-state index in [-0.39, 0.29) is 12.0 Å². The normalized spacial score (nSPS) is 38.1. The van der Waals surface area contributed by atoms with Crippen LogP contribution in [0.3, 0.4) is 0 Å². The monoisotopic (exact) mass is 170 g/mol. The lowest BCUT2D eigenvalue weighted by Crippen LogP contribution is -2.37. The molecular weight excluding hydrogens is 152 g/mol. The average molecular weight is 170 g/mol. The maximum Gasteiger partial charge on any atom is 0.0877 e.